The molecule has 2 rings (SSSR count). The van der Waals surface area contributed by atoms with Crippen molar-refractivity contribution in [3.8, 4) is 5.75 Å². The molecule has 4 heteroatoms. The largest absolute Gasteiger partial charge is 0.496 e. The summed E-state index contributed by atoms with van der Waals surface area (Å²) < 4.78 is 5.44. The number of aliphatic carboxylic acids is 1. The third-order valence-electron chi connectivity index (χ3n) is 4.38. The molecule has 116 valence electrons. The van der Waals surface area contributed by atoms with E-state index in [9.17, 15) is 9.90 Å². The maximum Gasteiger partial charge on any atom is 0.306 e. The fraction of sp³-hybridized carbons (Fsp3) is 0.588. The van der Waals surface area contributed by atoms with Crippen LogP contribution in [0.1, 0.15) is 50.6 Å². The van der Waals surface area contributed by atoms with Gasteiger partial charge < -0.3 is 15.2 Å². The average molecular weight is 291 g/mol. The molecule has 21 heavy (non-hydrogen) atoms. The lowest BCUT2D eigenvalue weighted by molar-refractivity contribution is -0.143. The number of hydrogen-bond acceptors (Lipinski definition) is 3. The van der Waals surface area contributed by atoms with Gasteiger partial charge in [0.05, 0.1) is 13.0 Å². The summed E-state index contributed by atoms with van der Waals surface area (Å²) in [6.45, 7) is 2.14. The van der Waals surface area contributed by atoms with E-state index in [2.05, 4.69) is 18.3 Å². The molecule has 1 aliphatic rings. The summed E-state index contributed by atoms with van der Waals surface area (Å²) in [7, 11) is 1.69. The van der Waals surface area contributed by atoms with Gasteiger partial charge in [-0.05, 0) is 31.7 Å². The highest BCUT2D eigenvalue weighted by Gasteiger charge is 2.28. The van der Waals surface area contributed by atoms with Crippen LogP contribution >= 0.6 is 0 Å². The molecule has 0 aliphatic heterocycles. The van der Waals surface area contributed by atoms with Crippen LogP contribution in [0.15, 0.2) is 24.3 Å². The first-order valence-corrected chi connectivity index (χ1v) is 7.77. The van der Waals surface area contributed by atoms with Crippen molar-refractivity contribution in [2.75, 3.05) is 7.11 Å². The standard InChI is InChI=1S/C17H25NO3/c1-3-15(14-9-4-5-10-16(14)21-2)18-13-8-6-7-12(11-13)17(19)20/h4-5,9-10,12-13,15,18H,3,6-8,11H2,1-2H3,(H,19,20). The van der Waals surface area contributed by atoms with Crippen LogP contribution in [0, 0.1) is 5.92 Å². The molecule has 1 aromatic rings. The van der Waals surface area contributed by atoms with Gasteiger partial charge in [-0.2, -0.15) is 0 Å². The predicted octanol–water partition coefficient (Wildman–Crippen LogP) is 3.38. The van der Waals surface area contributed by atoms with Crippen LogP contribution in [0.2, 0.25) is 0 Å². The Morgan fingerprint density at radius 1 is 1.43 bits per heavy atom. The molecule has 1 aliphatic carbocycles. The minimum atomic E-state index is -0.660. The Balaban J connectivity index is 2.06. The highest BCUT2D eigenvalue weighted by molar-refractivity contribution is 5.70. The molecular formula is C17H25NO3. The van der Waals surface area contributed by atoms with E-state index in [1.807, 2.05) is 18.2 Å². The Kier molecular flexibility index (Phi) is 5.62. The van der Waals surface area contributed by atoms with E-state index >= 15 is 0 Å². The molecule has 1 aromatic carbocycles. The first-order valence-electron chi connectivity index (χ1n) is 7.77. The SMILES string of the molecule is CCC(NC1CCCC(C(=O)O)C1)c1ccccc1OC. The Morgan fingerprint density at radius 2 is 2.19 bits per heavy atom. The predicted molar refractivity (Wildman–Crippen MR) is 82.5 cm³/mol. The number of para-hydroxylation sites is 1. The molecule has 4 nitrogen and oxygen atoms in total. The highest BCUT2D eigenvalue weighted by atomic mass is 16.5. The van der Waals surface area contributed by atoms with E-state index in [0.717, 1.165) is 43.4 Å². The second-order valence-corrected chi connectivity index (χ2v) is 5.77. The van der Waals surface area contributed by atoms with E-state index in [0.29, 0.717) is 0 Å². The zero-order chi connectivity index (χ0) is 15.2. The lowest BCUT2D eigenvalue weighted by atomic mass is 9.85. The van der Waals surface area contributed by atoms with Gasteiger partial charge in [0.1, 0.15) is 5.75 Å². The maximum atomic E-state index is 11.2. The third kappa shape index (κ3) is 3.97. The van der Waals surface area contributed by atoms with Gasteiger partial charge in [-0.3, -0.25) is 4.79 Å². The van der Waals surface area contributed by atoms with Crippen LogP contribution < -0.4 is 10.1 Å². The Labute approximate surface area is 126 Å². The molecular weight excluding hydrogens is 266 g/mol. The minimum absolute atomic E-state index is 0.202. The Morgan fingerprint density at radius 3 is 2.86 bits per heavy atom. The summed E-state index contributed by atoms with van der Waals surface area (Å²) in [6, 6.07) is 8.52. The summed E-state index contributed by atoms with van der Waals surface area (Å²) in [5, 5.41) is 12.8. The van der Waals surface area contributed by atoms with Gasteiger partial charge in [0.15, 0.2) is 0 Å². The Bertz CT molecular complexity index is 475. The monoisotopic (exact) mass is 291 g/mol. The van der Waals surface area contributed by atoms with E-state index in [1.165, 1.54) is 0 Å². The van der Waals surface area contributed by atoms with Crippen molar-refractivity contribution in [3.63, 3.8) is 0 Å². The van der Waals surface area contributed by atoms with E-state index < -0.39 is 5.97 Å². The molecule has 0 aromatic heterocycles. The number of methoxy groups -OCH3 is 1. The molecule has 2 N–H and O–H groups in total. The first-order chi connectivity index (χ1) is 10.2. The molecule has 3 atom stereocenters. The number of rotatable bonds is 6. The summed E-state index contributed by atoms with van der Waals surface area (Å²) in [5.41, 5.74) is 1.15. The van der Waals surface area contributed by atoms with Crippen LogP contribution in [-0.2, 0) is 4.79 Å². The normalized spacial score (nSPS) is 23.5. The van der Waals surface area contributed by atoms with Crippen molar-refractivity contribution in [3.05, 3.63) is 29.8 Å². The molecule has 1 fully saturated rings. The summed E-state index contributed by atoms with van der Waals surface area (Å²) in [4.78, 5) is 11.2. The van der Waals surface area contributed by atoms with Crippen LogP contribution in [-0.4, -0.2) is 24.2 Å². The van der Waals surface area contributed by atoms with Gasteiger partial charge in [-0.25, -0.2) is 0 Å². The van der Waals surface area contributed by atoms with Crippen molar-refractivity contribution in [2.45, 2.75) is 51.1 Å². The summed E-state index contributed by atoms with van der Waals surface area (Å²) in [5.74, 6) is 0.0284. The van der Waals surface area contributed by atoms with Crippen LogP contribution in [0.3, 0.4) is 0 Å². The second kappa shape index (κ2) is 7.46. The van der Waals surface area contributed by atoms with Crippen molar-refractivity contribution in [1.29, 1.82) is 0 Å². The number of carbonyl (C=O) groups is 1. The number of nitrogens with one attached hydrogen (secondary N) is 1. The van der Waals surface area contributed by atoms with Gasteiger partial charge >= 0.3 is 5.97 Å². The number of ether oxygens (including phenoxy) is 1. The van der Waals surface area contributed by atoms with Gasteiger partial charge in [-0.1, -0.05) is 31.5 Å². The van der Waals surface area contributed by atoms with E-state index in [4.69, 9.17) is 4.74 Å². The molecule has 0 heterocycles. The maximum absolute atomic E-state index is 11.2. The highest BCUT2D eigenvalue weighted by Crippen LogP contribution is 2.30. The summed E-state index contributed by atoms with van der Waals surface area (Å²) >= 11 is 0. The molecule has 3 unspecified atom stereocenters. The fourth-order valence-corrected chi connectivity index (χ4v) is 3.23. The van der Waals surface area contributed by atoms with Crippen molar-refractivity contribution in [2.24, 2.45) is 5.92 Å². The second-order valence-electron chi connectivity index (χ2n) is 5.77. The van der Waals surface area contributed by atoms with Crippen molar-refractivity contribution in [1.82, 2.24) is 5.32 Å². The lowest BCUT2D eigenvalue weighted by Gasteiger charge is -2.31. The topological polar surface area (TPSA) is 58.6 Å². The number of hydrogen-bond donors (Lipinski definition) is 2. The molecule has 0 amide bonds. The Hall–Kier alpha value is -1.55. The van der Waals surface area contributed by atoms with Gasteiger partial charge in [0.2, 0.25) is 0 Å². The molecule has 1 saturated carbocycles. The lowest BCUT2D eigenvalue weighted by Crippen LogP contribution is -2.38. The molecule has 0 saturated heterocycles. The van der Waals surface area contributed by atoms with Crippen LogP contribution in [0.4, 0.5) is 0 Å². The van der Waals surface area contributed by atoms with Gasteiger partial charge in [0, 0.05) is 17.6 Å². The summed E-state index contributed by atoms with van der Waals surface area (Å²) in [6.07, 6.45) is 4.51. The quantitative estimate of drug-likeness (QED) is 0.843. The molecule has 0 radical (unpaired) electrons. The third-order valence-corrected chi connectivity index (χ3v) is 4.38. The average Bonchev–Trinajstić information content (AvgIpc) is 2.52. The number of carboxylic acid groups (broad SMARTS) is 1. The molecule has 0 bridgehead atoms. The van der Waals surface area contributed by atoms with Gasteiger partial charge in [-0.15, -0.1) is 0 Å². The minimum Gasteiger partial charge on any atom is -0.496 e. The first kappa shape index (κ1) is 15.8. The smallest absolute Gasteiger partial charge is 0.306 e. The zero-order valence-corrected chi connectivity index (χ0v) is 12.8. The van der Waals surface area contributed by atoms with E-state index in [1.54, 1.807) is 7.11 Å². The zero-order valence-electron chi connectivity index (χ0n) is 12.8. The number of carboxylic acids is 1. The fourth-order valence-electron chi connectivity index (χ4n) is 3.23. The van der Waals surface area contributed by atoms with Crippen LogP contribution in [0.5, 0.6) is 5.75 Å². The van der Waals surface area contributed by atoms with E-state index in [-0.39, 0.29) is 18.0 Å². The molecule has 0 spiro atoms. The van der Waals surface area contributed by atoms with Crippen molar-refractivity contribution >= 4 is 5.97 Å². The number of benzene rings is 1. The van der Waals surface area contributed by atoms with Gasteiger partial charge in [0.25, 0.3) is 0 Å². The van der Waals surface area contributed by atoms with Crippen LogP contribution in [0.25, 0.3) is 0 Å². The van der Waals surface area contributed by atoms with Crippen molar-refractivity contribution < 1.29 is 14.6 Å².